The van der Waals surface area contributed by atoms with Crippen molar-refractivity contribution in [1.29, 1.82) is 0 Å². The minimum Gasteiger partial charge on any atom is -0.391 e. The number of piperidine rings is 1. The van der Waals surface area contributed by atoms with E-state index in [1.807, 2.05) is 6.07 Å². The van der Waals surface area contributed by atoms with E-state index in [-0.39, 0.29) is 17.9 Å². The van der Waals surface area contributed by atoms with Crippen LogP contribution in [0, 0.1) is 5.92 Å². The van der Waals surface area contributed by atoms with Crippen LogP contribution in [0.4, 0.5) is 11.8 Å². The van der Waals surface area contributed by atoms with E-state index in [0.29, 0.717) is 12.5 Å². The summed E-state index contributed by atoms with van der Waals surface area (Å²) in [4.78, 5) is 24.3. The number of nitrogens with zero attached hydrogens (tertiary/aromatic N) is 4. The highest BCUT2D eigenvalue weighted by atomic mass is 16.3. The second kappa shape index (κ2) is 5.85. The lowest BCUT2D eigenvalue weighted by molar-refractivity contribution is -0.122. The molecule has 2 aliphatic rings. The number of primary amides is 1. The topological polar surface area (TPSA) is 95.6 Å². The number of rotatable bonds is 3. The average molecular weight is 291 g/mol. The number of hydrogen-bond acceptors (Lipinski definition) is 6. The van der Waals surface area contributed by atoms with Crippen molar-refractivity contribution in [1.82, 2.24) is 9.97 Å². The number of β-amino-alcohol motifs (C(OH)–C–C–N with tert-alkyl or cyclic N) is 1. The molecule has 7 nitrogen and oxygen atoms in total. The van der Waals surface area contributed by atoms with Gasteiger partial charge in [0.05, 0.1) is 6.10 Å². The van der Waals surface area contributed by atoms with Gasteiger partial charge in [-0.1, -0.05) is 0 Å². The van der Waals surface area contributed by atoms with E-state index in [1.54, 1.807) is 6.20 Å². The number of nitrogens with two attached hydrogens (primary N) is 1. The zero-order valence-corrected chi connectivity index (χ0v) is 12.0. The summed E-state index contributed by atoms with van der Waals surface area (Å²) in [5, 5.41) is 9.62. The normalized spacial score (nSPS) is 23.6. The summed E-state index contributed by atoms with van der Waals surface area (Å²) in [7, 11) is 0. The minimum atomic E-state index is -0.269. The molecule has 1 aromatic rings. The van der Waals surface area contributed by atoms with Gasteiger partial charge in [0, 0.05) is 38.3 Å². The van der Waals surface area contributed by atoms with Crippen molar-refractivity contribution in [3.8, 4) is 0 Å². The van der Waals surface area contributed by atoms with Crippen molar-refractivity contribution >= 4 is 17.7 Å². The number of aliphatic hydroxyl groups is 1. The Bertz CT molecular complexity index is 516. The molecule has 0 saturated carbocycles. The van der Waals surface area contributed by atoms with Crippen LogP contribution in [-0.4, -0.2) is 53.3 Å². The molecule has 0 aliphatic carbocycles. The number of hydrogen-bond donors (Lipinski definition) is 2. The Labute approximate surface area is 123 Å². The summed E-state index contributed by atoms with van der Waals surface area (Å²) < 4.78 is 0. The van der Waals surface area contributed by atoms with Gasteiger partial charge >= 0.3 is 0 Å². The van der Waals surface area contributed by atoms with Crippen LogP contribution in [0.3, 0.4) is 0 Å². The SMILES string of the molecule is NC(=O)C1CCN(c2nccc(N3CC[C@@H](O)C3)n2)CC1. The fourth-order valence-corrected chi connectivity index (χ4v) is 2.98. The van der Waals surface area contributed by atoms with Gasteiger partial charge in [0.15, 0.2) is 0 Å². The number of amides is 1. The number of aromatic nitrogens is 2. The van der Waals surface area contributed by atoms with Crippen molar-refractivity contribution in [2.24, 2.45) is 11.7 Å². The fraction of sp³-hybridized carbons (Fsp3) is 0.643. The summed E-state index contributed by atoms with van der Waals surface area (Å²) in [5.74, 6) is 1.30. The third kappa shape index (κ3) is 3.07. The standard InChI is InChI=1S/C14H21N5O2/c15-13(21)10-2-6-18(7-3-10)14-16-5-1-12(17-14)19-8-4-11(20)9-19/h1,5,10-11,20H,2-4,6-9H2,(H2,15,21)/t11-/m1/s1. The molecule has 1 amide bonds. The van der Waals surface area contributed by atoms with E-state index in [1.165, 1.54) is 0 Å². The van der Waals surface area contributed by atoms with Crippen molar-refractivity contribution in [2.75, 3.05) is 36.0 Å². The van der Waals surface area contributed by atoms with Crippen molar-refractivity contribution in [2.45, 2.75) is 25.4 Å². The molecule has 1 atom stereocenters. The number of carbonyl (C=O) groups excluding carboxylic acids is 1. The van der Waals surface area contributed by atoms with E-state index in [4.69, 9.17) is 5.73 Å². The average Bonchev–Trinajstić information content (AvgIpc) is 2.94. The van der Waals surface area contributed by atoms with Gasteiger partial charge in [-0.2, -0.15) is 4.98 Å². The first-order valence-electron chi connectivity index (χ1n) is 7.44. The van der Waals surface area contributed by atoms with Crippen LogP contribution >= 0.6 is 0 Å². The second-order valence-corrected chi connectivity index (χ2v) is 5.77. The molecule has 2 aliphatic heterocycles. The highest BCUT2D eigenvalue weighted by Gasteiger charge is 2.26. The van der Waals surface area contributed by atoms with E-state index in [2.05, 4.69) is 19.8 Å². The summed E-state index contributed by atoms with van der Waals surface area (Å²) >= 11 is 0. The van der Waals surface area contributed by atoms with Crippen LogP contribution in [-0.2, 0) is 4.79 Å². The third-order valence-electron chi connectivity index (χ3n) is 4.30. The summed E-state index contributed by atoms with van der Waals surface area (Å²) in [6.45, 7) is 2.95. The molecule has 0 bridgehead atoms. The monoisotopic (exact) mass is 291 g/mol. The van der Waals surface area contributed by atoms with Crippen molar-refractivity contribution < 1.29 is 9.90 Å². The molecular formula is C14H21N5O2. The first-order chi connectivity index (χ1) is 10.1. The summed E-state index contributed by atoms with van der Waals surface area (Å²) in [6.07, 6.45) is 3.78. The fourth-order valence-electron chi connectivity index (χ4n) is 2.98. The molecular weight excluding hydrogens is 270 g/mol. The first kappa shape index (κ1) is 14.1. The maximum absolute atomic E-state index is 11.2. The molecule has 7 heteroatoms. The first-order valence-corrected chi connectivity index (χ1v) is 7.44. The largest absolute Gasteiger partial charge is 0.391 e. The Balaban J connectivity index is 1.68. The van der Waals surface area contributed by atoms with Crippen molar-refractivity contribution in [3.63, 3.8) is 0 Å². The molecule has 0 aromatic carbocycles. The summed E-state index contributed by atoms with van der Waals surface area (Å²) in [5.41, 5.74) is 5.35. The lowest BCUT2D eigenvalue weighted by Crippen LogP contribution is -2.39. The molecule has 0 spiro atoms. The molecule has 114 valence electrons. The second-order valence-electron chi connectivity index (χ2n) is 5.77. The predicted octanol–water partition coefficient (Wildman–Crippen LogP) is -0.251. The molecule has 0 radical (unpaired) electrons. The van der Waals surface area contributed by atoms with Crippen LogP contribution in [0.2, 0.25) is 0 Å². The molecule has 2 saturated heterocycles. The van der Waals surface area contributed by atoms with Crippen LogP contribution in [0.5, 0.6) is 0 Å². The molecule has 21 heavy (non-hydrogen) atoms. The van der Waals surface area contributed by atoms with E-state index in [0.717, 1.165) is 44.7 Å². The van der Waals surface area contributed by atoms with Crippen LogP contribution < -0.4 is 15.5 Å². The van der Waals surface area contributed by atoms with Gasteiger partial charge in [-0.25, -0.2) is 4.98 Å². The zero-order chi connectivity index (χ0) is 14.8. The number of anilines is 2. The highest BCUT2D eigenvalue weighted by molar-refractivity contribution is 5.76. The quantitative estimate of drug-likeness (QED) is 0.797. The molecule has 0 unspecified atom stereocenters. The minimum absolute atomic E-state index is 0.0295. The maximum Gasteiger partial charge on any atom is 0.227 e. The van der Waals surface area contributed by atoms with Crippen LogP contribution in [0.1, 0.15) is 19.3 Å². The molecule has 3 rings (SSSR count). The highest BCUT2D eigenvalue weighted by Crippen LogP contribution is 2.23. The zero-order valence-electron chi connectivity index (χ0n) is 12.0. The Kier molecular flexibility index (Phi) is 3.92. The number of carbonyl (C=O) groups is 1. The van der Waals surface area contributed by atoms with Gasteiger partial charge in [0.2, 0.25) is 11.9 Å². The van der Waals surface area contributed by atoms with Crippen LogP contribution in [0.25, 0.3) is 0 Å². The smallest absolute Gasteiger partial charge is 0.227 e. The Hall–Kier alpha value is -1.89. The molecule has 1 aromatic heterocycles. The van der Waals surface area contributed by atoms with Gasteiger partial charge in [-0.05, 0) is 25.3 Å². The van der Waals surface area contributed by atoms with Gasteiger partial charge in [-0.3, -0.25) is 4.79 Å². The van der Waals surface area contributed by atoms with E-state index in [9.17, 15) is 9.90 Å². The van der Waals surface area contributed by atoms with Gasteiger partial charge in [-0.15, -0.1) is 0 Å². The summed E-state index contributed by atoms with van der Waals surface area (Å²) in [6, 6.07) is 1.87. The lowest BCUT2D eigenvalue weighted by Gasteiger charge is -2.31. The molecule has 3 heterocycles. The Morgan fingerprint density at radius 3 is 2.57 bits per heavy atom. The van der Waals surface area contributed by atoms with Gasteiger partial charge < -0.3 is 20.6 Å². The van der Waals surface area contributed by atoms with E-state index >= 15 is 0 Å². The van der Waals surface area contributed by atoms with Crippen LogP contribution in [0.15, 0.2) is 12.3 Å². The van der Waals surface area contributed by atoms with Crippen molar-refractivity contribution in [3.05, 3.63) is 12.3 Å². The lowest BCUT2D eigenvalue weighted by atomic mass is 9.96. The van der Waals surface area contributed by atoms with Gasteiger partial charge in [0.1, 0.15) is 5.82 Å². The maximum atomic E-state index is 11.2. The van der Waals surface area contributed by atoms with Gasteiger partial charge in [0.25, 0.3) is 0 Å². The third-order valence-corrected chi connectivity index (χ3v) is 4.30. The number of aliphatic hydroxyl groups excluding tert-OH is 1. The predicted molar refractivity (Wildman–Crippen MR) is 79.0 cm³/mol. The Morgan fingerprint density at radius 1 is 1.24 bits per heavy atom. The Morgan fingerprint density at radius 2 is 1.95 bits per heavy atom. The molecule has 2 fully saturated rings. The molecule has 3 N–H and O–H groups in total. The van der Waals surface area contributed by atoms with E-state index < -0.39 is 0 Å².